The Labute approximate surface area is 89.1 Å². The third kappa shape index (κ3) is 4.12. The van der Waals surface area contributed by atoms with E-state index < -0.39 is 0 Å². The number of rotatable bonds is 6. The molecule has 15 heavy (non-hydrogen) atoms. The Morgan fingerprint density at radius 2 is 2.47 bits per heavy atom. The second-order valence-corrected chi connectivity index (χ2v) is 3.24. The van der Waals surface area contributed by atoms with Crippen LogP contribution in [-0.2, 0) is 17.8 Å². The van der Waals surface area contributed by atoms with E-state index in [2.05, 4.69) is 10.3 Å². The Kier molecular flexibility index (Phi) is 4.83. The Morgan fingerprint density at radius 1 is 1.67 bits per heavy atom. The number of amides is 1. The van der Waals surface area contributed by atoms with E-state index in [9.17, 15) is 4.79 Å². The lowest BCUT2D eigenvalue weighted by molar-refractivity contribution is -0.121. The van der Waals surface area contributed by atoms with Crippen molar-refractivity contribution >= 4 is 5.91 Å². The van der Waals surface area contributed by atoms with E-state index in [1.165, 1.54) is 0 Å². The van der Waals surface area contributed by atoms with E-state index in [-0.39, 0.29) is 5.91 Å². The van der Waals surface area contributed by atoms with Gasteiger partial charge in [-0.15, -0.1) is 0 Å². The first-order valence-electron chi connectivity index (χ1n) is 5.16. The molecule has 0 radical (unpaired) electrons. The van der Waals surface area contributed by atoms with E-state index in [1.54, 1.807) is 6.20 Å². The molecular weight excluding hydrogens is 194 g/mol. The molecule has 0 aliphatic rings. The van der Waals surface area contributed by atoms with Crippen LogP contribution in [0.5, 0.6) is 0 Å². The molecule has 0 saturated heterocycles. The van der Waals surface area contributed by atoms with Crippen LogP contribution in [-0.4, -0.2) is 17.4 Å². The van der Waals surface area contributed by atoms with Gasteiger partial charge in [-0.3, -0.25) is 4.79 Å². The number of carbonyl (C=O) groups is 1. The van der Waals surface area contributed by atoms with Crippen LogP contribution in [0.4, 0.5) is 0 Å². The van der Waals surface area contributed by atoms with Gasteiger partial charge in [0.25, 0.3) is 0 Å². The highest BCUT2D eigenvalue weighted by atomic mass is 16.4. The fourth-order valence-electron chi connectivity index (χ4n) is 1.12. The maximum absolute atomic E-state index is 11.2. The molecule has 0 fully saturated rings. The molecule has 0 bridgehead atoms. The molecule has 1 aromatic rings. The molecule has 1 amide bonds. The van der Waals surface area contributed by atoms with Crippen LogP contribution in [0, 0.1) is 0 Å². The zero-order chi connectivity index (χ0) is 11.1. The fraction of sp³-hybridized carbons (Fsp3) is 0.600. The highest BCUT2D eigenvalue weighted by molar-refractivity contribution is 5.75. The Balaban J connectivity index is 2.27. The van der Waals surface area contributed by atoms with Crippen LogP contribution in [0.15, 0.2) is 10.6 Å². The Bertz CT molecular complexity index is 309. The number of hydrogen-bond acceptors (Lipinski definition) is 4. The largest absolute Gasteiger partial charge is 0.444 e. The van der Waals surface area contributed by atoms with Crippen molar-refractivity contribution in [3.63, 3.8) is 0 Å². The molecule has 5 nitrogen and oxygen atoms in total. The molecule has 0 aliphatic carbocycles. The fourth-order valence-corrected chi connectivity index (χ4v) is 1.12. The van der Waals surface area contributed by atoms with Crippen LogP contribution in [0.25, 0.3) is 0 Å². The number of aromatic nitrogens is 1. The second-order valence-electron chi connectivity index (χ2n) is 3.24. The molecule has 0 spiro atoms. The summed E-state index contributed by atoms with van der Waals surface area (Å²) in [6, 6.07) is 0. The van der Waals surface area contributed by atoms with E-state index in [0.717, 1.165) is 12.2 Å². The smallest absolute Gasteiger partial charge is 0.220 e. The molecule has 0 aliphatic heterocycles. The number of hydrogen-bond donors (Lipinski definition) is 2. The summed E-state index contributed by atoms with van der Waals surface area (Å²) in [4.78, 5) is 15.2. The lowest BCUT2D eigenvalue weighted by Gasteiger charge is -2.00. The number of nitrogens with two attached hydrogens (primary N) is 1. The quantitative estimate of drug-likeness (QED) is 0.721. The molecule has 0 saturated carbocycles. The molecule has 84 valence electrons. The zero-order valence-electron chi connectivity index (χ0n) is 8.95. The van der Waals surface area contributed by atoms with Crippen LogP contribution in [0.3, 0.4) is 0 Å². The molecule has 5 heteroatoms. The van der Waals surface area contributed by atoms with Gasteiger partial charge in [0.05, 0.1) is 12.7 Å². The SMILES string of the molecule is CCc1cnc(CNC(=O)CCCN)o1. The zero-order valence-corrected chi connectivity index (χ0v) is 8.95. The third-order valence-corrected chi connectivity index (χ3v) is 1.99. The average Bonchev–Trinajstić information content (AvgIpc) is 2.71. The standard InChI is InChI=1S/C10H17N3O2/c1-2-8-6-13-10(15-8)7-12-9(14)4-3-5-11/h6H,2-5,7,11H2,1H3,(H,12,14). The average molecular weight is 211 g/mol. The van der Waals surface area contributed by atoms with Crippen molar-refractivity contribution < 1.29 is 9.21 Å². The number of nitrogens with zero attached hydrogens (tertiary/aromatic N) is 1. The second kappa shape index (κ2) is 6.19. The van der Waals surface area contributed by atoms with Crippen molar-refractivity contribution in [1.82, 2.24) is 10.3 Å². The molecule has 0 aromatic carbocycles. The summed E-state index contributed by atoms with van der Waals surface area (Å²) < 4.78 is 5.34. The minimum Gasteiger partial charge on any atom is -0.444 e. The summed E-state index contributed by atoms with van der Waals surface area (Å²) in [6.45, 7) is 2.87. The third-order valence-electron chi connectivity index (χ3n) is 1.99. The van der Waals surface area contributed by atoms with Gasteiger partial charge in [0.15, 0.2) is 0 Å². The van der Waals surface area contributed by atoms with Crippen molar-refractivity contribution in [3.8, 4) is 0 Å². The summed E-state index contributed by atoms with van der Waals surface area (Å²) >= 11 is 0. The molecule has 1 aromatic heterocycles. The van der Waals surface area contributed by atoms with E-state index in [0.29, 0.717) is 31.8 Å². The minimum absolute atomic E-state index is 0.0169. The lowest BCUT2D eigenvalue weighted by atomic mass is 10.3. The number of carbonyl (C=O) groups excluding carboxylic acids is 1. The lowest BCUT2D eigenvalue weighted by Crippen LogP contribution is -2.23. The van der Waals surface area contributed by atoms with Crippen molar-refractivity contribution in [3.05, 3.63) is 17.8 Å². The maximum Gasteiger partial charge on any atom is 0.220 e. The van der Waals surface area contributed by atoms with E-state index in [4.69, 9.17) is 10.2 Å². The molecule has 0 atom stereocenters. The Hall–Kier alpha value is -1.36. The molecule has 1 rings (SSSR count). The summed E-state index contributed by atoms with van der Waals surface area (Å²) in [5.74, 6) is 1.37. The van der Waals surface area contributed by atoms with Gasteiger partial charge < -0.3 is 15.5 Å². The maximum atomic E-state index is 11.2. The topological polar surface area (TPSA) is 81.2 Å². The van der Waals surface area contributed by atoms with Gasteiger partial charge >= 0.3 is 0 Å². The van der Waals surface area contributed by atoms with Crippen LogP contribution in [0.1, 0.15) is 31.4 Å². The Morgan fingerprint density at radius 3 is 3.07 bits per heavy atom. The first-order chi connectivity index (χ1) is 7.26. The van der Waals surface area contributed by atoms with Gasteiger partial charge in [0.1, 0.15) is 5.76 Å². The van der Waals surface area contributed by atoms with Crippen LogP contribution >= 0.6 is 0 Å². The van der Waals surface area contributed by atoms with Gasteiger partial charge in [-0.1, -0.05) is 6.92 Å². The number of aryl methyl sites for hydroxylation is 1. The highest BCUT2D eigenvalue weighted by Crippen LogP contribution is 2.03. The first kappa shape index (κ1) is 11.7. The number of oxazole rings is 1. The van der Waals surface area contributed by atoms with Crippen molar-refractivity contribution in [2.24, 2.45) is 5.73 Å². The predicted octanol–water partition coefficient (Wildman–Crippen LogP) is 0.592. The summed E-state index contributed by atoms with van der Waals surface area (Å²) in [5, 5.41) is 2.72. The minimum atomic E-state index is -0.0169. The van der Waals surface area contributed by atoms with Gasteiger partial charge in [0.2, 0.25) is 11.8 Å². The van der Waals surface area contributed by atoms with E-state index >= 15 is 0 Å². The van der Waals surface area contributed by atoms with Gasteiger partial charge in [-0.2, -0.15) is 0 Å². The van der Waals surface area contributed by atoms with Gasteiger partial charge in [-0.05, 0) is 13.0 Å². The van der Waals surface area contributed by atoms with Crippen molar-refractivity contribution in [2.45, 2.75) is 32.7 Å². The van der Waals surface area contributed by atoms with Crippen LogP contribution < -0.4 is 11.1 Å². The highest BCUT2D eigenvalue weighted by Gasteiger charge is 2.04. The molecule has 3 N–H and O–H groups in total. The monoisotopic (exact) mass is 211 g/mol. The van der Waals surface area contributed by atoms with Crippen LogP contribution in [0.2, 0.25) is 0 Å². The van der Waals surface area contributed by atoms with Crippen molar-refractivity contribution in [2.75, 3.05) is 6.54 Å². The normalized spacial score (nSPS) is 10.3. The predicted molar refractivity (Wildman–Crippen MR) is 56.0 cm³/mol. The summed E-state index contributed by atoms with van der Waals surface area (Å²) in [6.07, 6.45) is 3.66. The molecule has 1 heterocycles. The van der Waals surface area contributed by atoms with Gasteiger partial charge in [-0.25, -0.2) is 4.98 Å². The van der Waals surface area contributed by atoms with Crippen molar-refractivity contribution in [1.29, 1.82) is 0 Å². The number of nitrogens with one attached hydrogen (secondary N) is 1. The first-order valence-corrected chi connectivity index (χ1v) is 5.16. The summed E-state index contributed by atoms with van der Waals surface area (Å²) in [7, 11) is 0. The van der Waals surface area contributed by atoms with E-state index in [1.807, 2.05) is 6.92 Å². The summed E-state index contributed by atoms with van der Waals surface area (Å²) in [5.41, 5.74) is 5.29. The molecular formula is C10H17N3O2. The van der Waals surface area contributed by atoms with Gasteiger partial charge in [0, 0.05) is 12.8 Å². The molecule has 0 unspecified atom stereocenters.